The number of benzene rings is 2. The number of aromatic carboxylic acids is 1. The predicted molar refractivity (Wildman–Crippen MR) is 135 cm³/mol. The van der Waals surface area contributed by atoms with Crippen LogP contribution in [0.4, 0.5) is 0 Å². The van der Waals surface area contributed by atoms with Crippen molar-refractivity contribution in [1.82, 2.24) is 9.47 Å². The Bertz CT molecular complexity index is 1270. The predicted octanol–water partition coefficient (Wildman–Crippen LogP) is 6.04. The number of halogens is 1. The molecule has 2 aliphatic heterocycles. The highest BCUT2D eigenvalue weighted by atomic mass is 35.5. The zero-order valence-electron chi connectivity index (χ0n) is 19.8. The van der Waals surface area contributed by atoms with E-state index in [1.165, 1.54) is 16.5 Å². The van der Waals surface area contributed by atoms with Crippen LogP contribution in [0.1, 0.15) is 66.2 Å². The summed E-state index contributed by atoms with van der Waals surface area (Å²) < 4.78 is 2.29. The van der Waals surface area contributed by atoms with Crippen LogP contribution < -0.4 is 0 Å². The second-order valence-electron chi connectivity index (χ2n) is 9.89. The van der Waals surface area contributed by atoms with Crippen LogP contribution in [0, 0.1) is 6.92 Å². The van der Waals surface area contributed by atoms with E-state index in [4.69, 9.17) is 21.5 Å². The van der Waals surface area contributed by atoms with E-state index in [2.05, 4.69) is 47.7 Å². The topological polar surface area (TPSA) is 67.1 Å². The van der Waals surface area contributed by atoms with E-state index in [0.29, 0.717) is 6.04 Å². The lowest BCUT2D eigenvalue weighted by Gasteiger charge is -2.37. The summed E-state index contributed by atoms with van der Waals surface area (Å²) in [5.41, 5.74) is 5.56. The first-order chi connectivity index (χ1) is 16.3. The maximum absolute atomic E-state index is 11.1. The average Bonchev–Trinajstić information content (AvgIpc) is 3.41. The van der Waals surface area contributed by atoms with Gasteiger partial charge in [0.1, 0.15) is 5.60 Å². The molecule has 6 nitrogen and oxygen atoms in total. The summed E-state index contributed by atoms with van der Waals surface area (Å²) in [6, 6.07) is 11.3. The molecular weight excluding hydrogens is 450 g/mol. The number of fused-ring (bicyclic) bond motifs is 1. The highest BCUT2D eigenvalue weighted by Gasteiger charge is 2.42. The number of piperidine rings is 1. The lowest BCUT2D eigenvalue weighted by atomic mass is 9.85. The number of likely N-dealkylation sites (tertiary alicyclic amines) is 1. The molecule has 1 N–H and O–H groups in total. The second kappa shape index (κ2) is 8.75. The van der Waals surface area contributed by atoms with Crippen molar-refractivity contribution in [3.63, 3.8) is 0 Å². The molecule has 3 aromatic rings. The molecule has 1 aromatic heterocycles. The molecule has 0 unspecified atom stereocenters. The Kier molecular flexibility index (Phi) is 5.90. The molecule has 7 heteroatoms. The standard InChI is InChI=1S/C27H30ClN3O3/c1-17(2)31-16-21(24-18(3)4-9-22(28)25(24)31)15-30-12-10-27(11-13-30)14-23(29-34-27)19-5-7-20(8-6-19)26(32)33/h4-9,16-17H,10-15H2,1-3H3,(H,32,33). The van der Waals surface area contributed by atoms with Gasteiger partial charge in [-0.1, -0.05) is 35.0 Å². The molecule has 5 rings (SSSR count). The van der Waals surface area contributed by atoms with Crippen molar-refractivity contribution in [3.8, 4) is 0 Å². The molecule has 2 aromatic carbocycles. The normalized spacial score (nSPS) is 18.0. The van der Waals surface area contributed by atoms with Crippen molar-refractivity contribution in [2.75, 3.05) is 13.1 Å². The van der Waals surface area contributed by atoms with Crippen molar-refractivity contribution < 1.29 is 14.7 Å². The minimum Gasteiger partial charge on any atom is -0.478 e. The molecule has 178 valence electrons. The van der Waals surface area contributed by atoms with Gasteiger partial charge in [0.15, 0.2) is 0 Å². The summed E-state index contributed by atoms with van der Waals surface area (Å²) in [6.07, 6.45) is 4.85. The fraction of sp³-hybridized carbons (Fsp3) is 0.407. The van der Waals surface area contributed by atoms with Crippen molar-refractivity contribution in [2.24, 2.45) is 5.16 Å². The molecule has 1 spiro atoms. The van der Waals surface area contributed by atoms with E-state index >= 15 is 0 Å². The maximum atomic E-state index is 11.1. The van der Waals surface area contributed by atoms with Gasteiger partial charge in [0, 0.05) is 56.5 Å². The molecule has 0 saturated carbocycles. The first-order valence-electron chi connectivity index (χ1n) is 11.9. The minimum absolute atomic E-state index is 0.261. The van der Waals surface area contributed by atoms with E-state index in [1.54, 1.807) is 12.1 Å². The van der Waals surface area contributed by atoms with Crippen LogP contribution in [-0.2, 0) is 11.4 Å². The van der Waals surface area contributed by atoms with Gasteiger partial charge in [0.05, 0.1) is 21.8 Å². The van der Waals surface area contributed by atoms with Gasteiger partial charge in [-0.2, -0.15) is 0 Å². The molecule has 0 atom stereocenters. The summed E-state index contributed by atoms with van der Waals surface area (Å²) in [5, 5.41) is 15.6. The summed E-state index contributed by atoms with van der Waals surface area (Å²) in [4.78, 5) is 19.6. The SMILES string of the molecule is Cc1ccc(Cl)c2c1c(CN1CCC3(CC1)CC(c1ccc(C(=O)O)cc1)=NO3)cn2C(C)C. The van der Waals surface area contributed by atoms with Crippen LogP contribution in [0.15, 0.2) is 47.8 Å². The second-order valence-corrected chi connectivity index (χ2v) is 10.3. The molecule has 0 radical (unpaired) electrons. The molecule has 1 saturated heterocycles. The third kappa shape index (κ3) is 4.10. The van der Waals surface area contributed by atoms with Gasteiger partial charge < -0.3 is 14.5 Å². The van der Waals surface area contributed by atoms with Crippen molar-refractivity contribution in [3.05, 3.63) is 69.9 Å². The van der Waals surface area contributed by atoms with Gasteiger partial charge >= 0.3 is 5.97 Å². The third-order valence-electron chi connectivity index (χ3n) is 7.23. The summed E-state index contributed by atoms with van der Waals surface area (Å²) >= 11 is 6.61. The number of aryl methyl sites for hydroxylation is 1. The molecule has 2 aliphatic rings. The fourth-order valence-corrected chi connectivity index (χ4v) is 5.51. The summed E-state index contributed by atoms with van der Waals surface area (Å²) in [6.45, 7) is 9.31. The Morgan fingerprint density at radius 2 is 1.88 bits per heavy atom. The average molecular weight is 480 g/mol. The van der Waals surface area contributed by atoms with Crippen LogP contribution in [0.5, 0.6) is 0 Å². The van der Waals surface area contributed by atoms with Crippen LogP contribution in [-0.4, -0.2) is 44.9 Å². The highest BCUT2D eigenvalue weighted by molar-refractivity contribution is 6.35. The Morgan fingerprint density at radius 3 is 2.53 bits per heavy atom. The fourth-order valence-electron chi connectivity index (χ4n) is 5.26. The quantitative estimate of drug-likeness (QED) is 0.484. The first kappa shape index (κ1) is 22.9. The Morgan fingerprint density at radius 1 is 1.18 bits per heavy atom. The molecule has 0 aliphatic carbocycles. The molecule has 3 heterocycles. The number of carbonyl (C=O) groups is 1. The number of carboxylic acid groups (broad SMARTS) is 1. The Labute approximate surface area is 204 Å². The lowest BCUT2D eigenvalue weighted by molar-refractivity contribution is -0.0626. The number of carboxylic acids is 1. The largest absolute Gasteiger partial charge is 0.478 e. The van der Waals surface area contributed by atoms with Crippen LogP contribution in [0.25, 0.3) is 10.9 Å². The Balaban J connectivity index is 1.27. The van der Waals surface area contributed by atoms with E-state index in [0.717, 1.165) is 60.7 Å². The summed E-state index contributed by atoms with van der Waals surface area (Å²) in [5.74, 6) is -0.922. The van der Waals surface area contributed by atoms with Gasteiger partial charge in [-0.3, -0.25) is 4.90 Å². The highest BCUT2D eigenvalue weighted by Crippen LogP contribution is 2.38. The summed E-state index contributed by atoms with van der Waals surface area (Å²) in [7, 11) is 0. The Hall–Kier alpha value is -2.83. The molecular formula is C27H30ClN3O3. The maximum Gasteiger partial charge on any atom is 0.335 e. The smallest absolute Gasteiger partial charge is 0.335 e. The van der Waals surface area contributed by atoms with E-state index in [-0.39, 0.29) is 11.2 Å². The van der Waals surface area contributed by atoms with Crippen LogP contribution in [0.3, 0.4) is 0 Å². The zero-order chi connectivity index (χ0) is 24.0. The lowest BCUT2D eigenvalue weighted by Crippen LogP contribution is -2.44. The van der Waals surface area contributed by atoms with Crippen LogP contribution >= 0.6 is 11.6 Å². The zero-order valence-corrected chi connectivity index (χ0v) is 20.6. The van der Waals surface area contributed by atoms with Gasteiger partial charge in [-0.05, 0) is 55.7 Å². The van der Waals surface area contributed by atoms with Crippen molar-refractivity contribution in [1.29, 1.82) is 0 Å². The minimum atomic E-state index is -0.922. The number of aromatic nitrogens is 1. The number of oxime groups is 1. The number of rotatable bonds is 5. The van der Waals surface area contributed by atoms with Gasteiger partial charge in [-0.25, -0.2) is 4.79 Å². The molecule has 1 fully saturated rings. The van der Waals surface area contributed by atoms with Gasteiger partial charge in [0.25, 0.3) is 0 Å². The first-order valence-corrected chi connectivity index (χ1v) is 12.2. The number of nitrogens with zero attached hydrogens (tertiary/aromatic N) is 3. The van der Waals surface area contributed by atoms with E-state index in [1.807, 2.05) is 18.2 Å². The van der Waals surface area contributed by atoms with E-state index < -0.39 is 5.97 Å². The van der Waals surface area contributed by atoms with Gasteiger partial charge in [-0.15, -0.1) is 0 Å². The van der Waals surface area contributed by atoms with Crippen molar-refractivity contribution in [2.45, 2.75) is 58.2 Å². The van der Waals surface area contributed by atoms with E-state index in [9.17, 15) is 4.79 Å². The number of hydrogen-bond donors (Lipinski definition) is 1. The van der Waals surface area contributed by atoms with Crippen LogP contribution in [0.2, 0.25) is 5.02 Å². The van der Waals surface area contributed by atoms with Gasteiger partial charge in [0.2, 0.25) is 0 Å². The third-order valence-corrected chi connectivity index (χ3v) is 7.54. The molecule has 0 bridgehead atoms. The van der Waals surface area contributed by atoms with Crippen molar-refractivity contribution >= 4 is 34.2 Å². The monoisotopic (exact) mass is 479 g/mol. The molecule has 0 amide bonds. The molecule has 34 heavy (non-hydrogen) atoms. The number of hydrogen-bond acceptors (Lipinski definition) is 4.